The lowest BCUT2D eigenvalue weighted by Crippen LogP contribution is -2.37. The van der Waals surface area contributed by atoms with Crippen LogP contribution in [0.3, 0.4) is 0 Å². The normalized spacial score (nSPS) is 23.6. The SMILES string of the molecule is CCOc1cncc(OC2CC(CN)C2)n1. The molecule has 0 bridgehead atoms. The van der Waals surface area contributed by atoms with Crippen LogP contribution in [0.4, 0.5) is 0 Å². The highest BCUT2D eigenvalue weighted by Gasteiger charge is 2.29. The molecule has 1 aromatic rings. The van der Waals surface area contributed by atoms with Crippen molar-refractivity contribution >= 4 is 0 Å². The van der Waals surface area contributed by atoms with Crippen LogP contribution < -0.4 is 15.2 Å². The van der Waals surface area contributed by atoms with Gasteiger partial charge in [-0.3, -0.25) is 4.98 Å². The van der Waals surface area contributed by atoms with E-state index >= 15 is 0 Å². The Hall–Kier alpha value is -1.36. The van der Waals surface area contributed by atoms with Crippen molar-refractivity contribution in [1.29, 1.82) is 0 Å². The van der Waals surface area contributed by atoms with E-state index in [1.807, 2.05) is 6.92 Å². The Labute approximate surface area is 95.0 Å². The summed E-state index contributed by atoms with van der Waals surface area (Å²) in [6.45, 7) is 3.23. The van der Waals surface area contributed by atoms with Crippen molar-refractivity contribution in [2.24, 2.45) is 11.7 Å². The third-order valence-corrected chi connectivity index (χ3v) is 2.70. The van der Waals surface area contributed by atoms with Crippen LogP contribution >= 0.6 is 0 Å². The van der Waals surface area contributed by atoms with Gasteiger partial charge in [-0.2, -0.15) is 4.98 Å². The van der Waals surface area contributed by atoms with Crippen LogP contribution in [-0.2, 0) is 0 Å². The maximum Gasteiger partial charge on any atom is 0.235 e. The van der Waals surface area contributed by atoms with Crippen molar-refractivity contribution < 1.29 is 9.47 Å². The van der Waals surface area contributed by atoms with Gasteiger partial charge < -0.3 is 15.2 Å². The topological polar surface area (TPSA) is 70.3 Å². The minimum Gasteiger partial charge on any atom is -0.477 e. The fourth-order valence-corrected chi connectivity index (χ4v) is 1.74. The molecule has 0 amide bonds. The van der Waals surface area contributed by atoms with Gasteiger partial charge in [0.05, 0.1) is 19.0 Å². The molecule has 0 saturated heterocycles. The second kappa shape index (κ2) is 5.12. The number of hydrogen-bond acceptors (Lipinski definition) is 5. The highest BCUT2D eigenvalue weighted by atomic mass is 16.5. The van der Waals surface area contributed by atoms with Gasteiger partial charge in [0, 0.05) is 0 Å². The van der Waals surface area contributed by atoms with E-state index in [0.717, 1.165) is 19.4 Å². The Kier molecular flexibility index (Phi) is 3.56. The molecule has 1 saturated carbocycles. The summed E-state index contributed by atoms with van der Waals surface area (Å²) in [4.78, 5) is 8.21. The number of nitrogens with zero attached hydrogens (tertiary/aromatic N) is 2. The van der Waals surface area contributed by atoms with Gasteiger partial charge in [-0.25, -0.2) is 0 Å². The van der Waals surface area contributed by atoms with E-state index in [4.69, 9.17) is 15.2 Å². The largest absolute Gasteiger partial charge is 0.477 e. The molecule has 0 atom stereocenters. The summed E-state index contributed by atoms with van der Waals surface area (Å²) in [6, 6.07) is 0. The number of nitrogens with two attached hydrogens (primary N) is 1. The molecule has 5 heteroatoms. The van der Waals surface area contributed by atoms with Gasteiger partial charge in [-0.05, 0) is 32.2 Å². The Balaban J connectivity index is 1.87. The van der Waals surface area contributed by atoms with E-state index in [9.17, 15) is 0 Å². The first-order valence-electron chi connectivity index (χ1n) is 5.63. The predicted octanol–water partition coefficient (Wildman–Crippen LogP) is 0.991. The quantitative estimate of drug-likeness (QED) is 0.806. The van der Waals surface area contributed by atoms with Crippen LogP contribution in [-0.4, -0.2) is 29.2 Å². The average molecular weight is 223 g/mol. The van der Waals surface area contributed by atoms with Crippen molar-refractivity contribution in [2.45, 2.75) is 25.9 Å². The minimum absolute atomic E-state index is 0.236. The van der Waals surface area contributed by atoms with Crippen LogP contribution in [0.25, 0.3) is 0 Å². The summed E-state index contributed by atoms with van der Waals surface area (Å²) >= 11 is 0. The Morgan fingerprint density at radius 1 is 1.38 bits per heavy atom. The highest BCUT2D eigenvalue weighted by Crippen LogP contribution is 2.29. The number of ether oxygens (including phenoxy) is 2. The van der Waals surface area contributed by atoms with Crippen LogP contribution in [0.1, 0.15) is 19.8 Å². The number of hydrogen-bond donors (Lipinski definition) is 1. The van der Waals surface area contributed by atoms with Gasteiger partial charge in [-0.15, -0.1) is 0 Å². The van der Waals surface area contributed by atoms with Crippen molar-refractivity contribution in [3.63, 3.8) is 0 Å². The zero-order chi connectivity index (χ0) is 11.4. The van der Waals surface area contributed by atoms with E-state index in [2.05, 4.69) is 9.97 Å². The monoisotopic (exact) mass is 223 g/mol. The third kappa shape index (κ3) is 2.61. The molecule has 1 fully saturated rings. The van der Waals surface area contributed by atoms with Gasteiger partial charge in [0.2, 0.25) is 11.8 Å². The van der Waals surface area contributed by atoms with Crippen molar-refractivity contribution in [3.8, 4) is 11.8 Å². The molecule has 1 aliphatic rings. The Morgan fingerprint density at radius 2 is 2.12 bits per heavy atom. The number of rotatable bonds is 5. The lowest BCUT2D eigenvalue weighted by Gasteiger charge is -2.33. The molecular formula is C11H17N3O2. The van der Waals surface area contributed by atoms with E-state index < -0.39 is 0 Å². The molecule has 1 aromatic heterocycles. The van der Waals surface area contributed by atoms with Gasteiger partial charge in [-0.1, -0.05) is 0 Å². The summed E-state index contributed by atoms with van der Waals surface area (Å²) in [7, 11) is 0. The molecule has 5 nitrogen and oxygen atoms in total. The second-order valence-corrected chi connectivity index (χ2v) is 3.94. The van der Waals surface area contributed by atoms with E-state index in [-0.39, 0.29) is 6.10 Å². The molecule has 0 spiro atoms. The average Bonchev–Trinajstić information content (AvgIpc) is 2.24. The third-order valence-electron chi connectivity index (χ3n) is 2.70. The molecule has 0 radical (unpaired) electrons. The maximum absolute atomic E-state index is 5.66. The van der Waals surface area contributed by atoms with Gasteiger partial charge in [0.15, 0.2) is 0 Å². The van der Waals surface area contributed by atoms with Gasteiger partial charge in [0.25, 0.3) is 0 Å². The Bertz CT molecular complexity index is 340. The fraction of sp³-hybridized carbons (Fsp3) is 0.636. The lowest BCUT2D eigenvalue weighted by atomic mass is 9.82. The second-order valence-electron chi connectivity index (χ2n) is 3.94. The molecular weight excluding hydrogens is 206 g/mol. The van der Waals surface area contributed by atoms with Crippen molar-refractivity contribution in [2.75, 3.05) is 13.2 Å². The molecule has 1 heterocycles. The summed E-state index contributed by atoms with van der Waals surface area (Å²) in [5, 5.41) is 0. The van der Waals surface area contributed by atoms with Crippen molar-refractivity contribution in [1.82, 2.24) is 9.97 Å². The van der Waals surface area contributed by atoms with Gasteiger partial charge in [0.1, 0.15) is 6.10 Å². The standard InChI is InChI=1S/C11H17N3O2/c1-2-15-10-6-13-7-11(14-10)16-9-3-8(4-9)5-12/h6-9H,2-5,12H2,1H3. The van der Waals surface area contributed by atoms with Crippen LogP contribution in [0.5, 0.6) is 11.8 Å². The molecule has 2 rings (SSSR count). The molecule has 16 heavy (non-hydrogen) atoms. The molecule has 0 aliphatic heterocycles. The van der Waals surface area contributed by atoms with Crippen LogP contribution in [0.2, 0.25) is 0 Å². The molecule has 1 aliphatic carbocycles. The maximum atomic E-state index is 5.66. The van der Waals surface area contributed by atoms with E-state index in [1.54, 1.807) is 12.4 Å². The predicted molar refractivity (Wildman–Crippen MR) is 59.4 cm³/mol. The summed E-state index contributed by atoms with van der Waals surface area (Å²) in [5.74, 6) is 1.65. The van der Waals surface area contributed by atoms with E-state index in [1.165, 1.54) is 0 Å². The van der Waals surface area contributed by atoms with E-state index in [0.29, 0.717) is 24.3 Å². The smallest absolute Gasteiger partial charge is 0.235 e. The zero-order valence-electron chi connectivity index (χ0n) is 9.43. The first-order chi connectivity index (χ1) is 7.81. The first-order valence-corrected chi connectivity index (χ1v) is 5.63. The Morgan fingerprint density at radius 3 is 2.81 bits per heavy atom. The lowest BCUT2D eigenvalue weighted by molar-refractivity contribution is 0.0638. The highest BCUT2D eigenvalue weighted by molar-refractivity contribution is 5.13. The fourth-order valence-electron chi connectivity index (χ4n) is 1.74. The summed E-state index contributed by atoms with van der Waals surface area (Å²) in [6.07, 6.45) is 5.45. The molecule has 2 N–H and O–H groups in total. The molecule has 88 valence electrons. The van der Waals surface area contributed by atoms with Crippen molar-refractivity contribution in [3.05, 3.63) is 12.4 Å². The van der Waals surface area contributed by atoms with Crippen LogP contribution in [0, 0.1) is 5.92 Å². The molecule has 0 unspecified atom stereocenters. The minimum atomic E-state index is 0.236. The molecule has 0 aromatic carbocycles. The zero-order valence-corrected chi connectivity index (χ0v) is 9.43. The van der Waals surface area contributed by atoms with Crippen LogP contribution in [0.15, 0.2) is 12.4 Å². The first kappa shape index (κ1) is 11.1. The summed E-state index contributed by atoms with van der Waals surface area (Å²) in [5.41, 5.74) is 5.55. The number of aromatic nitrogens is 2. The summed E-state index contributed by atoms with van der Waals surface area (Å²) < 4.78 is 10.9. The van der Waals surface area contributed by atoms with Gasteiger partial charge >= 0.3 is 0 Å².